The van der Waals surface area contributed by atoms with Crippen molar-refractivity contribution in [1.82, 2.24) is 24.8 Å². The molecule has 4 aromatic rings. The molecule has 0 saturated carbocycles. The van der Waals surface area contributed by atoms with Crippen molar-refractivity contribution in [2.75, 3.05) is 39.0 Å². The van der Waals surface area contributed by atoms with Crippen LogP contribution in [0.25, 0.3) is 33.1 Å². The Kier molecular flexibility index (Phi) is 10.0. The number of nitrogens with two attached hydrogens (primary N) is 1. The van der Waals surface area contributed by atoms with E-state index in [1.165, 1.54) is 31.8 Å². The molecule has 0 radical (unpaired) electrons. The number of halogens is 6. The minimum Gasteiger partial charge on any atom is -0.472 e. The second-order valence-corrected chi connectivity index (χ2v) is 11.5. The number of nitrogens with zero attached hydrogens (tertiary/aromatic N) is 5. The van der Waals surface area contributed by atoms with Crippen molar-refractivity contribution >= 4 is 33.9 Å². The number of hydrogen-bond acceptors (Lipinski definition) is 9. The molecule has 2 aromatic carbocycles. The minimum atomic E-state index is -5.06. The number of ether oxygens (including phenoxy) is 2. The Balaban J connectivity index is 0.000000347. The van der Waals surface area contributed by atoms with E-state index in [9.17, 15) is 26.7 Å². The number of nitrogen functional groups attached to an aromatic ring is 1. The number of hydrogen-bond donors (Lipinski definition) is 1. The maximum atomic E-state index is 16.0. The van der Waals surface area contributed by atoms with Crippen molar-refractivity contribution < 1.29 is 45.0 Å². The number of methoxy groups -OCH3 is 1. The van der Waals surface area contributed by atoms with Crippen LogP contribution in [0.5, 0.6) is 11.9 Å². The van der Waals surface area contributed by atoms with Gasteiger partial charge >= 0.3 is 12.2 Å². The average Bonchev–Trinajstić information content (AvgIpc) is 3.84. The highest BCUT2D eigenvalue weighted by atomic mass is 19.4. The SMILES string of the molecule is C=C.COc1nc(OC2CCN(C(C)=O)C2)c2cc(C(F)(F)F)c(-c3ccc(F)c4oc(N)nc34)c(F)c2n1.FC1CC2CCCN2C1. The number of carbonyl (C=O) groups excluding carboxylic acids is 1. The Labute approximate surface area is 271 Å². The third kappa shape index (κ3) is 6.84. The number of carbonyl (C=O) groups is 1. The Bertz CT molecular complexity index is 1810. The van der Waals surface area contributed by atoms with Crippen LogP contribution in [0.3, 0.4) is 0 Å². The molecule has 3 atom stereocenters. The van der Waals surface area contributed by atoms with E-state index in [-0.39, 0.29) is 29.7 Å². The van der Waals surface area contributed by atoms with E-state index in [1.807, 2.05) is 0 Å². The summed E-state index contributed by atoms with van der Waals surface area (Å²) in [6.45, 7) is 9.80. The number of rotatable bonds is 4. The largest absolute Gasteiger partial charge is 0.472 e. The molecule has 3 unspecified atom stereocenters. The van der Waals surface area contributed by atoms with Gasteiger partial charge in [-0.2, -0.15) is 28.1 Å². The summed E-state index contributed by atoms with van der Waals surface area (Å²) < 4.78 is 102. The van der Waals surface area contributed by atoms with E-state index in [0.717, 1.165) is 25.1 Å². The molecule has 0 bridgehead atoms. The molecule has 3 saturated heterocycles. The fourth-order valence-electron chi connectivity index (χ4n) is 6.34. The summed E-state index contributed by atoms with van der Waals surface area (Å²) in [6, 6.07) is 2.17. The van der Waals surface area contributed by atoms with E-state index in [1.54, 1.807) is 0 Å². The zero-order valence-electron chi connectivity index (χ0n) is 26.2. The van der Waals surface area contributed by atoms with Gasteiger partial charge in [0.05, 0.1) is 24.6 Å². The number of aromatic nitrogens is 3. The van der Waals surface area contributed by atoms with Crippen molar-refractivity contribution in [1.29, 1.82) is 0 Å². The van der Waals surface area contributed by atoms with Gasteiger partial charge in [0.2, 0.25) is 11.8 Å². The lowest BCUT2D eigenvalue weighted by atomic mass is 9.95. The van der Waals surface area contributed by atoms with Crippen LogP contribution in [0.1, 0.15) is 38.2 Å². The van der Waals surface area contributed by atoms with Gasteiger partial charge in [-0.25, -0.2) is 13.2 Å². The standard InChI is InChI=1S/C23H18F5N5O4.C7H12FN.C2H4/c1-9(34)33-6-5-10(8-33)36-20-12-7-13(23(26,27)28)15(16(25)17(12)31-22(32-20)35-2)11-3-4-14(24)19-18(11)30-21(29)37-19;8-6-4-7-2-1-3-9(7)5-6;1-2/h3-4,7,10H,5-6,8H2,1-2H3,(H2,29,30);6-7H,1-5H2;1-2H2. The van der Waals surface area contributed by atoms with Crippen LogP contribution in [0.15, 0.2) is 35.8 Å². The molecule has 7 rings (SSSR count). The summed E-state index contributed by atoms with van der Waals surface area (Å²) in [7, 11) is 1.20. The van der Waals surface area contributed by atoms with E-state index in [2.05, 4.69) is 33.0 Å². The summed E-state index contributed by atoms with van der Waals surface area (Å²) in [5, 5.41) is -0.367. The molecule has 0 spiro atoms. The summed E-state index contributed by atoms with van der Waals surface area (Å²) in [4.78, 5) is 27.1. The fourth-order valence-corrected chi connectivity index (χ4v) is 6.34. The first kappa shape index (κ1) is 34.7. The Morgan fingerprint density at radius 1 is 1.08 bits per heavy atom. The quantitative estimate of drug-likeness (QED) is 0.195. The number of benzene rings is 2. The number of amides is 1. The van der Waals surface area contributed by atoms with Crippen LogP contribution in [0.4, 0.5) is 32.4 Å². The van der Waals surface area contributed by atoms with Crippen molar-refractivity contribution in [2.45, 2.75) is 57.1 Å². The minimum absolute atomic E-state index is 0.178. The average molecular weight is 681 g/mol. The third-order valence-corrected chi connectivity index (χ3v) is 8.47. The van der Waals surface area contributed by atoms with E-state index in [0.29, 0.717) is 31.6 Å². The Morgan fingerprint density at radius 2 is 1.83 bits per heavy atom. The first-order valence-corrected chi connectivity index (χ1v) is 15.1. The summed E-state index contributed by atoms with van der Waals surface area (Å²) >= 11 is 0. The highest BCUT2D eigenvalue weighted by Crippen LogP contribution is 2.45. The predicted octanol–water partition coefficient (Wildman–Crippen LogP) is 6.32. The lowest BCUT2D eigenvalue weighted by Gasteiger charge is -2.19. The highest BCUT2D eigenvalue weighted by molar-refractivity contribution is 5.98. The number of alkyl halides is 4. The highest BCUT2D eigenvalue weighted by Gasteiger charge is 2.39. The molecular weight excluding hydrogens is 646 g/mol. The monoisotopic (exact) mass is 680 g/mol. The zero-order valence-corrected chi connectivity index (χ0v) is 26.2. The van der Waals surface area contributed by atoms with Crippen LogP contribution in [-0.2, 0) is 11.0 Å². The molecule has 3 aliphatic heterocycles. The van der Waals surface area contributed by atoms with E-state index >= 15 is 4.39 Å². The molecule has 5 heterocycles. The number of fused-ring (bicyclic) bond motifs is 3. The summed E-state index contributed by atoms with van der Waals surface area (Å²) in [6.07, 6.45) is -2.45. The molecule has 16 heteroatoms. The van der Waals surface area contributed by atoms with Gasteiger partial charge < -0.3 is 24.5 Å². The van der Waals surface area contributed by atoms with Crippen molar-refractivity contribution in [2.24, 2.45) is 0 Å². The maximum Gasteiger partial charge on any atom is 0.417 e. The topological polar surface area (TPSA) is 120 Å². The summed E-state index contributed by atoms with van der Waals surface area (Å²) in [5.74, 6) is -2.86. The second-order valence-electron chi connectivity index (χ2n) is 11.5. The molecule has 10 nitrogen and oxygen atoms in total. The normalized spacial score (nSPS) is 20.7. The molecular formula is C32H34F6N6O4. The van der Waals surface area contributed by atoms with Crippen molar-refractivity contribution in [3.8, 4) is 23.0 Å². The van der Waals surface area contributed by atoms with Gasteiger partial charge in [0.1, 0.15) is 23.3 Å². The van der Waals surface area contributed by atoms with Gasteiger partial charge in [-0.3, -0.25) is 9.69 Å². The van der Waals surface area contributed by atoms with Crippen LogP contribution in [0, 0.1) is 11.6 Å². The first-order chi connectivity index (χ1) is 22.8. The zero-order chi connectivity index (χ0) is 34.9. The molecule has 2 N–H and O–H groups in total. The number of anilines is 1. The lowest BCUT2D eigenvalue weighted by Crippen LogP contribution is -2.28. The molecule has 48 heavy (non-hydrogen) atoms. The van der Waals surface area contributed by atoms with Gasteiger partial charge in [0.25, 0.3) is 6.01 Å². The maximum absolute atomic E-state index is 16.0. The molecule has 0 aliphatic carbocycles. The predicted molar refractivity (Wildman–Crippen MR) is 165 cm³/mol. The van der Waals surface area contributed by atoms with E-state index in [4.69, 9.17) is 19.6 Å². The fraction of sp³-hybridized carbons (Fsp3) is 0.438. The van der Waals surface area contributed by atoms with Gasteiger partial charge in [-0.05, 0) is 44.0 Å². The van der Waals surface area contributed by atoms with Gasteiger partial charge in [0.15, 0.2) is 17.2 Å². The van der Waals surface area contributed by atoms with Crippen LogP contribution in [-0.4, -0.2) is 82.3 Å². The first-order valence-electron chi connectivity index (χ1n) is 15.1. The Hall–Kier alpha value is -4.60. The molecule has 2 aromatic heterocycles. The smallest absolute Gasteiger partial charge is 0.417 e. The molecule has 3 fully saturated rings. The Morgan fingerprint density at radius 3 is 2.48 bits per heavy atom. The number of oxazole rings is 1. The third-order valence-electron chi connectivity index (χ3n) is 8.47. The van der Waals surface area contributed by atoms with Gasteiger partial charge in [-0.1, -0.05) is 0 Å². The molecule has 1 amide bonds. The molecule has 258 valence electrons. The summed E-state index contributed by atoms with van der Waals surface area (Å²) in [5.41, 5.74) is 1.29. The molecule has 3 aliphatic rings. The lowest BCUT2D eigenvalue weighted by molar-refractivity contribution is -0.137. The van der Waals surface area contributed by atoms with Gasteiger partial charge in [-0.15, -0.1) is 13.2 Å². The van der Waals surface area contributed by atoms with Crippen molar-refractivity contribution in [3.05, 3.63) is 48.6 Å². The second kappa shape index (κ2) is 13.9. The van der Waals surface area contributed by atoms with Gasteiger partial charge in [0, 0.05) is 43.6 Å². The van der Waals surface area contributed by atoms with Crippen LogP contribution >= 0.6 is 0 Å². The van der Waals surface area contributed by atoms with Crippen LogP contribution in [0.2, 0.25) is 0 Å². The number of likely N-dealkylation sites (tertiary alicyclic amines) is 1. The van der Waals surface area contributed by atoms with Crippen LogP contribution < -0.4 is 15.2 Å². The van der Waals surface area contributed by atoms with E-state index < -0.39 is 69.4 Å². The van der Waals surface area contributed by atoms with Crippen molar-refractivity contribution in [3.63, 3.8) is 0 Å².